The van der Waals surface area contributed by atoms with E-state index in [4.69, 9.17) is 4.74 Å². The van der Waals surface area contributed by atoms with Crippen molar-refractivity contribution in [2.75, 3.05) is 7.11 Å². The Labute approximate surface area is 133 Å². The maximum atomic E-state index is 13.7. The quantitative estimate of drug-likeness (QED) is 0.833. The van der Waals surface area contributed by atoms with Gasteiger partial charge in [-0.25, -0.2) is 8.78 Å². The first-order chi connectivity index (χ1) is 11.0. The summed E-state index contributed by atoms with van der Waals surface area (Å²) in [5.74, 6) is -0.337. The first-order valence-corrected chi connectivity index (χ1v) is 7.39. The Morgan fingerprint density at radius 2 is 1.74 bits per heavy atom. The number of carbonyl (C=O) groups excluding carboxylic acids is 1. The second-order valence-corrected chi connectivity index (χ2v) is 5.67. The van der Waals surface area contributed by atoms with Crippen LogP contribution in [0.2, 0.25) is 0 Å². The van der Waals surface area contributed by atoms with E-state index in [2.05, 4.69) is 0 Å². The van der Waals surface area contributed by atoms with Gasteiger partial charge in [-0.05, 0) is 59.4 Å². The van der Waals surface area contributed by atoms with Gasteiger partial charge in [-0.1, -0.05) is 12.1 Å². The maximum Gasteiger partial charge on any atom is 0.156 e. The third-order valence-electron chi connectivity index (χ3n) is 4.07. The Kier molecular flexibility index (Phi) is 4.24. The molecule has 0 unspecified atom stereocenters. The number of ether oxygens (including phenoxy) is 1. The fraction of sp³-hybridized carbons (Fsp3) is 0.211. The molecule has 2 aromatic rings. The minimum Gasteiger partial charge on any atom is -0.497 e. The lowest BCUT2D eigenvalue weighted by Crippen LogP contribution is -2.12. The SMILES string of the molecule is COc1cc(F)cc(C2=CC(=O)C[C@H](c3ccc(F)cc3)C2)c1. The zero-order chi connectivity index (χ0) is 16.4. The fourth-order valence-electron chi connectivity index (χ4n) is 2.93. The molecule has 0 heterocycles. The molecule has 118 valence electrons. The summed E-state index contributed by atoms with van der Waals surface area (Å²) in [6.07, 6.45) is 2.54. The number of hydrogen-bond acceptors (Lipinski definition) is 2. The van der Waals surface area contributed by atoms with Gasteiger partial charge in [0, 0.05) is 12.5 Å². The molecule has 2 nitrogen and oxygen atoms in total. The van der Waals surface area contributed by atoms with Gasteiger partial charge in [-0.15, -0.1) is 0 Å². The lowest BCUT2D eigenvalue weighted by atomic mass is 9.81. The van der Waals surface area contributed by atoms with Crippen LogP contribution < -0.4 is 4.74 Å². The molecule has 0 fully saturated rings. The van der Waals surface area contributed by atoms with Gasteiger partial charge in [0.1, 0.15) is 17.4 Å². The second-order valence-electron chi connectivity index (χ2n) is 5.67. The molecule has 0 spiro atoms. The Hall–Kier alpha value is -2.49. The van der Waals surface area contributed by atoms with Crippen LogP contribution in [0.15, 0.2) is 48.5 Å². The highest BCUT2D eigenvalue weighted by Crippen LogP contribution is 2.37. The molecule has 0 saturated heterocycles. The van der Waals surface area contributed by atoms with Crippen LogP contribution in [-0.4, -0.2) is 12.9 Å². The van der Waals surface area contributed by atoms with Gasteiger partial charge < -0.3 is 4.74 Å². The Morgan fingerprint density at radius 1 is 1.00 bits per heavy atom. The number of halogens is 2. The van der Waals surface area contributed by atoms with E-state index in [0.29, 0.717) is 24.2 Å². The highest BCUT2D eigenvalue weighted by molar-refractivity contribution is 5.99. The van der Waals surface area contributed by atoms with Crippen molar-refractivity contribution in [2.24, 2.45) is 0 Å². The third-order valence-corrected chi connectivity index (χ3v) is 4.07. The average Bonchev–Trinajstić information content (AvgIpc) is 2.54. The largest absolute Gasteiger partial charge is 0.497 e. The van der Waals surface area contributed by atoms with Crippen LogP contribution in [0.1, 0.15) is 29.9 Å². The maximum absolute atomic E-state index is 13.7. The van der Waals surface area contributed by atoms with E-state index in [9.17, 15) is 13.6 Å². The van der Waals surface area contributed by atoms with Crippen molar-refractivity contribution in [3.05, 3.63) is 71.3 Å². The lowest BCUT2D eigenvalue weighted by molar-refractivity contribution is -0.115. The van der Waals surface area contributed by atoms with Crippen LogP contribution in [0.3, 0.4) is 0 Å². The van der Waals surface area contributed by atoms with E-state index in [0.717, 1.165) is 11.1 Å². The zero-order valence-corrected chi connectivity index (χ0v) is 12.7. The molecule has 3 rings (SSSR count). The molecule has 1 atom stereocenters. The summed E-state index contributed by atoms with van der Waals surface area (Å²) in [5, 5.41) is 0. The van der Waals surface area contributed by atoms with E-state index in [1.54, 1.807) is 24.3 Å². The monoisotopic (exact) mass is 314 g/mol. The number of carbonyl (C=O) groups is 1. The number of allylic oxidation sites excluding steroid dienone is 2. The van der Waals surface area contributed by atoms with Crippen LogP contribution in [0.4, 0.5) is 8.78 Å². The molecule has 1 aliphatic rings. The Morgan fingerprint density at radius 3 is 2.43 bits per heavy atom. The Balaban J connectivity index is 1.92. The predicted octanol–water partition coefficient (Wildman–Crippen LogP) is 4.50. The number of hydrogen-bond donors (Lipinski definition) is 0. The third kappa shape index (κ3) is 3.47. The van der Waals surface area contributed by atoms with Gasteiger partial charge in [0.05, 0.1) is 7.11 Å². The molecule has 0 aliphatic heterocycles. The minimum atomic E-state index is -0.406. The second kappa shape index (κ2) is 6.32. The standard InChI is InChI=1S/C19H16F2O2/c1-23-19-10-15(7-17(21)11-19)14-6-13(8-18(22)9-14)12-2-4-16(20)5-3-12/h2-5,7,9-11,13H,6,8H2,1H3/t13-/m1/s1. The minimum absolute atomic E-state index is 0.0104. The first kappa shape index (κ1) is 15.4. The van der Waals surface area contributed by atoms with E-state index < -0.39 is 5.82 Å². The molecular weight excluding hydrogens is 298 g/mol. The zero-order valence-electron chi connectivity index (χ0n) is 12.7. The summed E-state index contributed by atoms with van der Waals surface area (Å²) in [5.41, 5.74) is 2.32. The first-order valence-electron chi connectivity index (χ1n) is 7.39. The van der Waals surface area contributed by atoms with Gasteiger partial charge >= 0.3 is 0 Å². The van der Waals surface area contributed by atoms with E-state index in [-0.39, 0.29) is 17.5 Å². The van der Waals surface area contributed by atoms with Crippen molar-refractivity contribution >= 4 is 11.4 Å². The van der Waals surface area contributed by atoms with Crippen molar-refractivity contribution in [3.8, 4) is 5.75 Å². The van der Waals surface area contributed by atoms with Crippen molar-refractivity contribution < 1.29 is 18.3 Å². The van der Waals surface area contributed by atoms with E-state index in [1.807, 2.05) is 0 Å². The average molecular weight is 314 g/mol. The molecule has 0 saturated carbocycles. The van der Waals surface area contributed by atoms with E-state index >= 15 is 0 Å². The normalized spacial score (nSPS) is 17.8. The van der Waals surface area contributed by atoms with Crippen LogP contribution in [0, 0.1) is 11.6 Å². The van der Waals surface area contributed by atoms with Crippen molar-refractivity contribution in [1.29, 1.82) is 0 Å². The van der Waals surface area contributed by atoms with Crippen LogP contribution in [-0.2, 0) is 4.79 Å². The number of rotatable bonds is 3. The van der Waals surface area contributed by atoms with Crippen LogP contribution in [0.5, 0.6) is 5.75 Å². The van der Waals surface area contributed by atoms with Crippen molar-refractivity contribution in [1.82, 2.24) is 0 Å². The molecule has 0 radical (unpaired) electrons. The predicted molar refractivity (Wildman–Crippen MR) is 84.3 cm³/mol. The van der Waals surface area contributed by atoms with Crippen LogP contribution in [0.25, 0.3) is 5.57 Å². The topological polar surface area (TPSA) is 26.3 Å². The smallest absolute Gasteiger partial charge is 0.156 e. The molecule has 0 amide bonds. The van der Waals surface area contributed by atoms with Gasteiger partial charge in [-0.3, -0.25) is 4.79 Å². The summed E-state index contributed by atoms with van der Waals surface area (Å²) in [4.78, 5) is 12.1. The van der Waals surface area contributed by atoms with Crippen molar-refractivity contribution in [3.63, 3.8) is 0 Å². The van der Waals surface area contributed by atoms with Crippen molar-refractivity contribution in [2.45, 2.75) is 18.8 Å². The van der Waals surface area contributed by atoms with Gasteiger partial charge in [0.15, 0.2) is 5.78 Å². The molecule has 1 aliphatic carbocycles. The molecule has 0 aromatic heterocycles. The number of ketones is 1. The summed E-state index contributed by atoms with van der Waals surface area (Å²) >= 11 is 0. The lowest BCUT2D eigenvalue weighted by Gasteiger charge is -2.23. The van der Waals surface area contributed by atoms with Gasteiger partial charge in [0.2, 0.25) is 0 Å². The van der Waals surface area contributed by atoms with Gasteiger partial charge in [-0.2, -0.15) is 0 Å². The molecular formula is C19H16F2O2. The number of methoxy groups -OCH3 is 1. The van der Waals surface area contributed by atoms with Crippen LogP contribution >= 0.6 is 0 Å². The molecule has 2 aromatic carbocycles. The molecule has 0 bridgehead atoms. The summed E-state index contributed by atoms with van der Waals surface area (Å²) in [7, 11) is 1.47. The number of benzene rings is 2. The fourth-order valence-corrected chi connectivity index (χ4v) is 2.93. The van der Waals surface area contributed by atoms with Gasteiger partial charge in [0.25, 0.3) is 0 Å². The summed E-state index contributed by atoms with van der Waals surface area (Å²) in [6, 6.07) is 10.6. The molecule has 0 N–H and O–H groups in total. The summed E-state index contributed by atoms with van der Waals surface area (Å²) < 4.78 is 31.8. The highest BCUT2D eigenvalue weighted by Gasteiger charge is 2.23. The molecule has 4 heteroatoms. The summed E-state index contributed by atoms with van der Waals surface area (Å²) in [6.45, 7) is 0. The molecule has 23 heavy (non-hydrogen) atoms. The highest BCUT2D eigenvalue weighted by atomic mass is 19.1. The Bertz CT molecular complexity index is 763. The van der Waals surface area contributed by atoms with E-state index in [1.165, 1.54) is 31.4 Å².